The number of nitrogens with zero attached hydrogens (tertiary/aromatic N) is 4. The predicted molar refractivity (Wildman–Crippen MR) is 242 cm³/mol. The summed E-state index contributed by atoms with van der Waals surface area (Å²) in [7, 11) is 9.76. The zero-order chi connectivity index (χ0) is 40.6. The summed E-state index contributed by atoms with van der Waals surface area (Å²) in [5, 5.41) is 7.42. The number of carbonyl (C=O) groups excluding carboxylic acids is 1. The lowest BCUT2D eigenvalue weighted by Crippen LogP contribution is -2.39. The van der Waals surface area contributed by atoms with E-state index in [-0.39, 0.29) is 6.04 Å². The molecule has 3 aromatic carbocycles. The number of benzene rings is 3. The van der Waals surface area contributed by atoms with Gasteiger partial charge in [0.25, 0.3) is 0 Å². The Labute approximate surface area is 345 Å². The minimum Gasteiger partial charge on any atom is -0.365 e. The van der Waals surface area contributed by atoms with Gasteiger partial charge in [-0.05, 0) is 150 Å². The lowest BCUT2D eigenvalue weighted by Gasteiger charge is -2.38. The summed E-state index contributed by atoms with van der Waals surface area (Å²) in [4.78, 5) is 25.9. The van der Waals surface area contributed by atoms with Gasteiger partial charge in [0.2, 0.25) is 0 Å². The number of rotatable bonds is 19. The molecule has 0 bridgehead atoms. The number of carbonyl (C=O) groups is 1. The second-order valence-electron chi connectivity index (χ2n) is 16.5. The van der Waals surface area contributed by atoms with Gasteiger partial charge in [0.05, 0.1) is 5.52 Å². The Morgan fingerprint density at radius 1 is 0.947 bits per heavy atom. The zero-order valence-electron chi connectivity index (χ0n) is 35.8. The van der Waals surface area contributed by atoms with Crippen molar-refractivity contribution in [3.63, 3.8) is 0 Å². The molecule has 57 heavy (non-hydrogen) atoms. The van der Waals surface area contributed by atoms with E-state index >= 15 is 0 Å². The molecule has 6 rings (SSSR count). The van der Waals surface area contributed by atoms with Crippen molar-refractivity contribution in [1.29, 1.82) is 0 Å². The maximum Gasteiger partial charge on any atom is 0.137 e. The number of likely N-dealkylation sites (tertiary alicyclic amines) is 1. The molecule has 2 radical (unpaired) electrons. The van der Waals surface area contributed by atoms with Crippen LogP contribution < -0.4 is 16.1 Å². The number of unbranched alkanes of at least 4 members (excludes halogenated alkanes) is 5. The number of aldehydes is 1. The SMILES string of the molecule is CNC.[B]c1cccc(CNc2nc(C)nc3cc(CC)c(CCCCCCCCN4CCC(c5cc(C)cc6c5CN(C(C=C)CCC=O)CC6)CC4)cc23)c1. The van der Waals surface area contributed by atoms with E-state index in [1.165, 1.54) is 87.7 Å². The fourth-order valence-corrected chi connectivity index (χ4v) is 9.01. The third-order valence-electron chi connectivity index (χ3n) is 12.0. The highest BCUT2D eigenvalue weighted by Crippen LogP contribution is 2.36. The number of piperidine rings is 1. The topological polar surface area (TPSA) is 73.4 Å². The molecule has 0 spiro atoms. The van der Waals surface area contributed by atoms with Gasteiger partial charge in [-0.3, -0.25) is 4.90 Å². The van der Waals surface area contributed by atoms with Crippen molar-refractivity contribution < 1.29 is 4.79 Å². The van der Waals surface area contributed by atoms with Crippen molar-refractivity contribution in [1.82, 2.24) is 25.1 Å². The van der Waals surface area contributed by atoms with E-state index in [1.54, 1.807) is 16.7 Å². The van der Waals surface area contributed by atoms with Gasteiger partial charge >= 0.3 is 0 Å². The molecular formula is C49H69BN6O. The third-order valence-corrected chi connectivity index (χ3v) is 12.0. The second kappa shape index (κ2) is 22.9. The summed E-state index contributed by atoms with van der Waals surface area (Å²) in [5.41, 5.74) is 11.9. The Balaban J connectivity index is 0.00000200. The molecule has 0 aliphatic carbocycles. The van der Waals surface area contributed by atoms with E-state index in [1.807, 2.05) is 45.3 Å². The van der Waals surface area contributed by atoms with Gasteiger partial charge < -0.3 is 20.3 Å². The number of aryl methyl sites for hydroxylation is 4. The first-order chi connectivity index (χ1) is 27.8. The van der Waals surface area contributed by atoms with Crippen LogP contribution in [0.3, 0.4) is 0 Å². The van der Waals surface area contributed by atoms with Crippen LogP contribution in [0.15, 0.2) is 61.2 Å². The van der Waals surface area contributed by atoms with Gasteiger partial charge in [-0.15, -0.1) is 6.58 Å². The fourth-order valence-electron chi connectivity index (χ4n) is 9.01. The van der Waals surface area contributed by atoms with Crippen LogP contribution in [0.5, 0.6) is 0 Å². The van der Waals surface area contributed by atoms with Crippen LogP contribution in [0.2, 0.25) is 0 Å². The monoisotopic (exact) mass is 769 g/mol. The second-order valence-corrected chi connectivity index (χ2v) is 16.5. The maximum absolute atomic E-state index is 11.1. The van der Waals surface area contributed by atoms with Crippen LogP contribution in [0.1, 0.15) is 122 Å². The highest BCUT2D eigenvalue weighted by Gasteiger charge is 2.28. The Hall–Kier alpha value is -3.85. The summed E-state index contributed by atoms with van der Waals surface area (Å²) in [6.07, 6.45) is 18.1. The smallest absolute Gasteiger partial charge is 0.137 e. The molecule has 4 aromatic rings. The van der Waals surface area contributed by atoms with Crippen LogP contribution in [0, 0.1) is 13.8 Å². The maximum atomic E-state index is 11.1. The number of aromatic nitrogens is 2. The molecule has 304 valence electrons. The lowest BCUT2D eigenvalue weighted by atomic mass is 9.81. The van der Waals surface area contributed by atoms with Gasteiger partial charge in [-0.25, -0.2) is 9.97 Å². The van der Waals surface area contributed by atoms with Crippen LogP contribution in [0.25, 0.3) is 10.9 Å². The first-order valence-electron chi connectivity index (χ1n) is 21.9. The Morgan fingerprint density at radius 2 is 1.70 bits per heavy atom. The van der Waals surface area contributed by atoms with Gasteiger partial charge in [-0.1, -0.05) is 86.1 Å². The third kappa shape index (κ3) is 12.8. The normalized spacial score (nSPS) is 15.5. The Bertz CT molecular complexity index is 1890. The largest absolute Gasteiger partial charge is 0.365 e. The van der Waals surface area contributed by atoms with Gasteiger partial charge in [0.1, 0.15) is 25.8 Å². The average molecular weight is 769 g/mol. The number of anilines is 1. The fraction of sp³-hybridized carbons (Fsp3) is 0.531. The number of fused-ring (bicyclic) bond motifs is 2. The number of nitrogens with one attached hydrogen (secondary N) is 2. The van der Waals surface area contributed by atoms with E-state index in [2.05, 4.69) is 71.2 Å². The average Bonchev–Trinajstić information content (AvgIpc) is 3.21. The molecule has 1 fully saturated rings. The van der Waals surface area contributed by atoms with Crippen molar-refractivity contribution in [2.24, 2.45) is 0 Å². The van der Waals surface area contributed by atoms with Gasteiger partial charge in [0, 0.05) is 37.5 Å². The highest BCUT2D eigenvalue weighted by atomic mass is 16.1. The molecule has 0 amide bonds. The summed E-state index contributed by atoms with van der Waals surface area (Å²) in [6.45, 7) is 17.0. The quantitative estimate of drug-likeness (QED) is 0.0428. The summed E-state index contributed by atoms with van der Waals surface area (Å²) in [6, 6.07) is 17.8. The molecule has 2 aliphatic rings. The van der Waals surface area contributed by atoms with Crippen LogP contribution in [-0.2, 0) is 37.1 Å². The van der Waals surface area contributed by atoms with Crippen LogP contribution in [-0.4, -0.2) is 80.2 Å². The molecule has 1 unspecified atom stereocenters. The van der Waals surface area contributed by atoms with Crippen molar-refractivity contribution in [3.05, 3.63) is 106 Å². The Morgan fingerprint density at radius 3 is 2.42 bits per heavy atom. The van der Waals surface area contributed by atoms with Crippen LogP contribution in [0.4, 0.5) is 5.82 Å². The molecule has 2 N–H and O–H groups in total. The minimum atomic E-state index is 0.279. The van der Waals surface area contributed by atoms with E-state index < -0.39 is 0 Å². The highest BCUT2D eigenvalue weighted by molar-refractivity contribution is 6.32. The standard InChI is InChI=1S/C47H62BN5O.C2H7N/c1-5-37-31-46-44(47(51-35(4)50-46)49-32-36-15-13-17-41(48)29-36)30-39(37)16-11-9-7-8-10-12-22-52-23-19-38(20-24-52)43-28-34(3)27-40-21-25-53(33-45(40)43)42(6-2)18-14-26-54;1-3-2/h6,13,15,17,26-31,38,42H,2,5,7-12,14,16,18-25,32-33H2,1,3-4H3,(H,49,50,51);3H,1-2H3. The Kier molecular flexibility index (Phi) is 17.8. The summed E-state index contributed by atoms with van der Waals surface area (Å²) >= 11 is 0. The first kappa shape index (κ1) is 44.3. The first-order valence-corrected chi connectivity index (χ1v) is 21.9. The summed E-state index contributed by atoms with van der Waals surface area (Å²) < 4.78 is 0. The van der Waals surface area contributed by atoms with Gasteiger partial charge in [-0.2, -0.15) is 0 Å². The van der Waals surface area contributed by atoms with Gasteiger partial charge in [0.15, 0.2) is 0 Å². The molecule has 1 saturated heterocycles. The predicted octanol–water partition coefficient (Wildman–Crippen LogP) is 8.71. The number of hydrogen-bond acceptors (Lipinski definition) is 7. The van der Waals surface area contributed by atoms with Crippen LogP contribution >= 0.6 is 0 Å². The van der Waals surface area contributed by atoms with Crippen molar-refractivity contribution in [3.8, 4) is 0 Å². The van der Waals surface area contributed by atoms with E-state index in [0.29, 0.717) is 18.9 Å². The molecule has 7 nitrogen and oxygen atoms in total. The van der Waals surface area contributed by atoms with Crippen molar-refractivity contribution in [2.75, 3.05) is 45.6 Å². The molecule has 3 heterocycles. The molecular weight excluding hydrogens is 699 g/mol. The van der Waals surface area contributed by atoms with E-state index in [4.69, 9.17) is 17.8 Å². The molecule has 8 heteroatoms. The lowest BCUT2D eigenvalue weighted by molar-refractivity contribution is -0.108. The molecule has 0 saturated carbocycles. The molecule has 1 atom stereocenters. The minimum absolute atomic E-state index is 0.279. The van der Waals surface area contributed by atoms with Crippen molar-refractivity contribution >= 4 is 36.3 Å². The van der Waals surface area contributed by atoms with Crippen molar-refractivity contribution in [2.45, 2.75) is 129 Å². The summed E-state index contributed by atoms with van der Waals surface area (Å²) in [5.74, 6) is 2.34. The molecule has 2 aliphatic heterocycles. The van der Waals surface area contributed by atoms with E-state index in [9.17, 15) is 4.79 Å². The number of hydrogen-bond donors (Lipinski definition) is 2. The zero-order valence-corrected chi connectivity index (χ0v) is 35.8. The van der Waals surface area contributed by atoms with E-state index in [0.717, 1.165) is 78.6 Å². The molecule has 1 aromatic heterocycles.